The number of nitrogens with zero attached hydrogens (tertiary/aromatic N) is 3. The Morgan fingerprint density at radius 3 is 2.68 bits per heavy atom. The van der Waals surface area contributed by atoms with Gasteiger partial charge in [0.25, 0.3) is 5.91 Å². The molecule has 0 unspecified atom stereocenters. The predicted molar refractivity (Wildman–Crippen MR) is 101 cm³/mol. The van der Waals surface area contributed by atoms with E-state index in [0.717, 1.165) is 23.9 Å². The molecule has 3 aromatic rings. The molecule has 1 aromatic carbocycles. The highest BCUT2D eigenvalue weighted by Gasteiger charge is 2.17. The third-order valence-corrected chi connectivity index (χ3v) is 4.49. The number of carbonyl (C=O) groups is 2. The molecule has 2 heterocycles. The molecule has 2 N–H and O–H groups in total. The molecule has 0 atom stereocenters. The minimum atomic E-state index is -0.548. The first-order valence-electron chi connectivity index (χ1n) is 8.14. The second-order valence-corrected chi connectivity index (χ2v) is 6.42. The van der Waals surface area contributed by atoms with Crippen molar-refractivity contribution >= 4 is 23.6 Å². The van der Waals surface area contributed by atoms with E-state index in [4.69, 9.17) is 4.42 Å². The summed E-state index contributed by atoms with van der Waals surface area (Å²) in [4.78, 5) is 23.9. The highest BCUT2D eigenvalue weighted by atomic mass is 32.2. The van der Waals surface area contributed by atoms with Crippen LogP contribution in [0.3, 0.4) is 0 Å². The second-order valence-electron chi connectivity index (χ2n) is 5.48. The smallest absolute Gasteiger partial charge is 0.269 e. The van der Waals surface area contributed by atoms with Crippen LogP contribution in [0.15, 0.2) is 64.9 Å². The van der Waals surface area contributed by atoms with Crippen molar-refractivity contribution in [3.8, 4) is 11.6 Å². The van der Waals surface area contributed by atoms with E-state index in [1.54, 1.807) is 22.8 Å². The van der Waals surface area contributed by atoms with E-state index >= 15 is 0 Å². The molecule has 0 bridgehead atoms. The highest BCUT2D eigenvalue weighted by Crippen LogP contribution is 2.24. The van der Waals surface area contributed by atoms with Crippen molar-refractivity contribution in [1.29, 1.82) is 0 Å². The van der Waals surface area contributed by atoms with Gasteiger partial charge in [0.1, 0.15) is 5.82 Å². The highest BCUT2D eigenvalue weighted by molar-refractivity contribution is 7.99. The average Bonchev–Trinajstić information content (AvgIpc) is 3.35. The van der Waals surface area contributed by atoms with Gasteiger partial charge in [-0.1, -0.05) is 17.8 Å². The van der Waals surface area contributed by atoms with E-state index in [-0.39, 0.29) is 11.3 Å². The molecule has 0 spiro atoms. The zero-order chi connectivity index (χ0) is 19.9. The minimum absolute atomic E-state index is 0.00285. The SMILES string of the molecule is C=CCn1c(SCC(=O)NNC(=O)c2ccc(F)cc2)nnc1-c1ccco1. The van der Waals surface area contributed by atoms with Gasteiger partial charge >= 0.3 is 0 Å². The Morgan fingerprint density at radius 2 is 2.00 bits per heavy atom. The summed E-state index contributed by atoms with van der Waals surface area (Å²) < 4.78 is 20.0. The molecule has 28 heavy (non-hydrogen) atoms. The van der Waals surface area contributed by atoms with Gasteiger partial charge in [-0.05, 0) is 36.4 Å². The summed E-state index contributed by atoms with van der Waals surface area (Å²) >= 11 is 1.15. The molecule has 0 saturated heterocycles. The van der Waals surface area contributed by atoms with Crippen molar-refractivity contribution in [2.24, 2.45) is 0 Å². The maximum Gasteiger partial charge on any atom is 0.269 e. The van der Waals surface area contributed by atoms with Crippen molar-refractivity contribution in [2.75, 3.05) is 5.75 Å². The lowest BCUT2D eigenvalue weighted by molar-refractivity contribution is -0.119. The fourth-order valence-corrected chi connectivity index (χ4v) is 2.99. The van der Waals surface area contributed by atoms with E-state index in [1.165, 1.54) is 18.4 Å². The van der Waals surface area contributed by atoms with Gasteiger partial charge in [0.15, 0.2) is 10.9 Å². The molecule has 2 amide bonds. The van der Waals surface area contributed by atoms with Crippen LogP contribution in [-0.4, -0.2) is 32.3 Å². The lowest BCUT2D eigenvalue weighted by Crippen LogP contribution is -2.42. The minimum Gasteiger partial charge on any atom is -0.461 e. The van der Waals surface area contributed by atoms with Gasteiger partial charge in [0.2, 0.25) is 11.7 Å². The first kappa shape index (κ1) is 19.4. The number of hydrogen-bond acceptors (Lipinski definition) is 6. The first-order chi connectivity index (χ1) is 13.6. The number of carbonyl (C=O) groups excluding carboxylic acids is 2. The quantitative estimate of drug-likeness (QED) is 0.358. The van der Waals surface area contributed by atoms with E-state index in [9.17, 15) is 14.0 Å². The molecular weight excluding hydrogens is 385 g/mol. The van der Waals surface area contributed by atoms with Crippen molar-refractivity contribution in [3.63, 3.8) is 0 Å². The molecule has 0 fully saturated rings. The van der Waals surface area contributed by atoms with Crippen LogP contribution < -0.4 is 10.9 Å². The number of allylic oxidation sites excluding steroid dienone is 1. The Labute approximate surface area is 163 Å². The molecule has 8 nitrogen and oxygen atoms in total. The van der Waals surface area contributed by atoms with Crippen LogP contribution in [0.5, 0.6) is 0 Å². The van der Waals surface area contributed by atoms with Gasteiger partial charge in [0.05, 0.1) is 12.0 Å². The number of amides is 2. The summed E-state index contributed by atoms with van der Waals surface area (Å²) in [6.45, 7) is 4.15. The second kappa shape index (κ2) is 9.00. The number of rotatable bonds is 7. The van der Waals surface area contributed by atoms with E-state index in [0.29, 0.717) is 23.3 Å². The number of halogens is 1. The molecule has 10 heteroatoms. The predicted octanol–water partition coefficient (Wildman–Crippen LogP) is 2.42. The topological polar surface area (TPSA) is 102 Å². The lowest BCUT2D eigenvalue weighted by atomic mass is 10.2. The third kappa shape index (κ3) is 4.65. The standard InChI is InChI=1S/C18H16FN5O3S/c1-2-9-24-16(14-4-3-10-27-14)21-23-18(24)28-11-15(25)20-22-17(26)12-5-7-13(19)8-6-12/h2-8,10H,1,9,11H2,(H,20,25)(H,22,26). The number of thioether (sulfide) groups is 1. The van der Waals surface area contributed by atoms with Gasteiger partial charge in [-0.2, -0.15) is 0 Å². The van der Waals surface area contributed by atoms with Gasteiger partial charge in [-0.25, -0.2) is 4.39 Å². The Balaban J connectivity index is 1.56. The maximum absolute atomic E-state index is 12.9. The molecule has 2 aromatic heterocycles. The largest absolute Gasteiger partial charge is 0.461 e. The Bertz CT molecular complexity index is 970. The van der Waals surface area contributed by atoms with E-state index in [2.05, 4.69) is 27.6 Å². The zero-order valence-electron chi connectivity index (χ0n) is 14.6. The van der Waals surface area contributed by atoms with Crippen LogP contribution in [-0.2, 0) is 11.3 Å². The summed E-state index contributed by atoms with van der Waals surface area (Å²) in [6, 6.07) is 8.46. The maximum atomic E-state index is 12.9. The van der Waals surface area contributed by atoms with Crippen LogP contribution in [0.2, 0.25) is 0 Å². The van der Waals surface area contributed by atoms with Gasteiger partial charge in [-0.15, -0.1) is 16.8 Å². The molecule has 0 radical (unpaired) electrons. The van der Waals surface area contributed by atoms with Crippen molar-refractivity contribution in [2.45, 2.75) is 11.7 Å². The van der Waals surface area contributed by atoms with Crippen LogP contribution >= 0.6 is 11.8 Å². The van der Waals surface area contributed by atoms with Crippen LogP contribution in [0.25, 0.3) is 11.6 Å². The van der Waals surface area contributed by atoms with Crippen LogP contribution in [0.4, 0.5) is 4.39 Å². The number of hydrazine groups is 1. The number of furan rings is 1. The Kier molecular flexibility index (Phi) is 6.22. The first-order valence-corrected chi connectivity index (χ1v) is 9.12. The van der Waals surface area contributed by atoms with Gasteiger partial charge in [-0.3, -0.25) is 25.0 Å². The zero-order valence-corrected chi connectivity index (χ0v) is 15.4. The summed E-state index contributed by atoms with van der Waals surface area (Å²) in [5.74, 6) is -0.359. The Morgan fingerprint density at radius 1 is 1.21 bits per heavy atom. The fourth-order valence-electron chi connectivity index (χ4n) is 2.24. The van der Waals surface area contributed by atoms with E-state index in [1.807, 2.05) is 0 Å². The molecule has 0 aliphatic carbocycles. The fraction of sp³-hybridized carbons (Fsp3) is 0.111. The van der Waals surface area contributed by atoms with Crippen molar-refractivity contribution in [1.82, 2.24) is 25.6 Å². The third-order valence-electron chi connectivity index (χ3n) is 3.52. The monoisotopic (exact) mass is 401 g/mol. The summed E-state index contributed by atoms with van der Waals surface area (Å²) in [5.41, 5.74) is 4.80. The number of nitrogens with one attached hydrogen (secondary N) is 2. The number of aromatic nitrogens is 3. The molecule has 3 rings (SSSR count). The summed E-state index contributed by atoms with van der Waals surface area (Å²) in [5, 5.41) is 8.68. The van der Waals surface area contributed by atoms with Crippen molar-refractivity contribution < 1.29 is 18.4 Å². The summed E-state index contributed by atoms with van der Waals surface area (Å²) in [7, 11) is 0. The van der Waals surface area contributed by atoms with Gasteiger partial charge in [0, 0.05) is 12.1 Å². The van der Waals surface area contributed by atoms with Crippen molar-refractivity contribution in [3.05, 3.63) is 66.7 Å². The molecule has 0 saturated carbocycles. The molecule has 0 aliphatic heterocycles. The van der Waals surface area contributed by atoms with Crippen LogP contribution in [0, 0.1) is 5.82 Å². The molecule has 144 valence electrons. The van der Waals surface area contributed by atoms with E-state index < -0.39 is 17.6 Å². The van der Waals surface area contributed by atoms with Gasteiger partial charge < -0.3 is 4.42 Å². The van der Waals surface area contributed by atoms with Crippen LogP contribution in [0.1, 0.15) is 10.4 Å². The normalized spacial score (nSPS) is 10.5. The summed E-state index contributed by atoms with van der Waals surface area (Å²) in [6.07, 6.45) is 3.22. The Hall–Kier alpha value is -3.40. The molecular formula is C18H16FN5O3S. The average molecular weight is 401 g/mol. The number of benzene rings is 1. The number of hydrogen-bond donors (Lipinski definition) is 2. The molecule has 0 aliphatic rings. The lowest BCUT2D eigenvalue weighted by Gasteiger charge is -2.08.